The van der Waals surface area contributed by atoms with Crippen LogP contribution in [-0.4, -0.2) is 29.4 Å². The first-order valence-corrected chi connectivity index (χ1v) is 17.2. The van der Waals surface area contributed by atoms with E-state index in [1.807, 2.05) is 33.6 Å². The van der Waals surface area contributed by atoms with Gasteiger partial charge in [0, 0.05) is 18.9 Å². The van der Waals surface area contributed by atoms with E-state index in [0.717, 1.165) is 32.1 Å². The Morgan fingerprint density at radius 1 is 0.886 bits per heavy atom. The molecule has 6 nitrogen and oxygen atoms in total. The van der Waals surface area contributed by atoms with Gasteiger partial charge in [0.15, 0.2) is 0 Å². The van der Waals surface area contributed by atoms with Crippen LogP contribution in [0.3, 0.4) is 0 Å². The van der Waals surface area contributed by atoms with Gasteiger partial charge in [0.2, 0.25) is 0 Å². The normalized spacial score (nSPS) is 40.2. The van der Waals surface area contributed by atoms with Gasteiger partial charge in [-0.25, -0.2) is 9.36 Å². The molecule has 1 aromatic carbocycles. The van der Waals surface area contributed by atoms with Crippen molar-refractivity contribution >= 4 is 10.8 Å². The van der Waals surface area contributed by atoms with E-state index in [-0.39, 0.29) is 46.7 Å². The highest BCUT2D eigenvalue weighted by Crippen LogP contribution is 2.74. The molecule has 8 rings (SSSR count). The summed E-state index contributed by atoms with van der Waals surface area (Å²) in [6.07, 6.45) is 16.7. The van der Waals surface area contributed by atoms with Crippen LogP contribution in [0.25, 0.3) is 10.8 Å². The third-order valence-electron chi connectivity index (χ3n) is 13.9. The smallest absolute Gasteiger partial charge is 0.274 e. The molecule has 0 amide bonds. The van der Waals surface area contributed by atoms with Gasteiger partial charge in [-0.2, -0.15) is 0 Å². The predicted molar refractivity (Wildman–Crippen MR) is 176 cm³/mol. The lowest BCUT2D eigenvalue weighted by atomic mass is 9.40. The maximum atomic E-state index is 14.9. The van der Waals surface area contributed by atoms with Gasteiger partial charge >= 0.3 is 0 Å². The number of fused-ring (bicyclic) bond motifs is 2. The van der Waals surface area contributed by atoms with E-state index in [2.05, 4.69) is 65.8 Å². The molecular weight excluding hydrogens is 548 g/mol. The Morgan fingerprint density at radius 3 is 2.27 bits per heavy atom. The molecule has 3 fully saturated rings. The molecule has 2 spiro atoms. The summed E-state index contributed by atoms with van der Waals surface area (Å²) in [5.41, 5.74) is -1.28. The molecule has 3 heterocycles. The zero-order chi connectivity index (χ0) is 31.2. The maximum absolute atomic E-state index is 14.9. The quantitative estimate of drug-likeness (QED) is 0.248. The first-order chi connectivity index (χ1) is 21.0. The summed E-state index contributed by atoms with van der Waals surface area (Å²) in [6.45, 7) is 14.5. The number of allylic oxidation sites excluding steroid dienone is 4. The number of methoxy groups -OCH3 is 1. The number of ether oxygens (including phenoxy) is 2. The van der Waals surface area contributed by atoms with E-state index in [1.54, 1.807) is 7.11 Å². The SMILES string of the molecule is COCO[C@H]1CC[C@]2(C)[C@H]3CC[C@]4(C)[C@@H]([C@H](C)C=C[C@H](C)C(C)C)CC[C@H]4[C@@]34C=C[C@]2(C1)n1c(=O)c2ccccc2c(=O)n14. The minimum Gasteiger partial charge on any atom is -0.359 e. The third kappa shape index (κ3) is 3.73. The molecule has 0 saturated heterocycles. The Labute approximate surface area is 262 Å². The van der Waals surface area contributed by atoms with Crippen molar-refractivity contribution in [1.82, 2.24) is 9.36 Å². The summed E-state index contributed by atoms with van der Waals surface area (Å²) in [6, 6.07) is 7.48. The Hall–Kier alpha value is -2.44. The van der Waals surface area contributed by atoms with Crippen LogP contribution in [0.4, 0.5) is 0 Å². The van der Waals surface area contributed by atoms with Crippen LogP contribution in [0.15, 0.2) is 58.2 Å². The molecule has 0 radical (unpaired) electrons. The average Bonchev–Trinajstić information content (AvgIpc) is 3.38. The molecule has 238 valence electrons. The highest BCUT2D eigenvalue weighted by atomic mass is 16.7. The van der Waals surface area contributed by atoms with Crippen LogP contribution >= 0.6 is 0 Å². The zero-order valence-corrected chi connectivity index (χ0v) is 27.8. The topological polar surface area (TPSA) is 62.5 Å². The van der Waals surface area contributed by atoms with Crippen molar-refractivity contribution in [2.45, 2.75) is 104 Å². The molecule has 6 aliphatic rings. The molecule has 6 heteroatoms. The fourth-order valence-corrected chi connectivity index (χ4v) is 11.4. The number of hydrogen-bond acceptors (Lipinski definition) is 4. The van der Waals surface area contributed by atoms with E-state index in [9.17, 15) is 9.59 Å². The van der Waals surface area contributed by atoms with Crippen LogP contribution in [-0.2, 0) is 20.6 Å². The van der Waals surface area contributed by atoms with Crippen molar-refractivity contribution < 1.29 is 9.47 Å². The van der Waals surface area contributed by atoms with Crippen molar-refractivity contribution in [2.24, 2.45) is 46.3 Å². The van der Waals surface area contributed by atoms with Gasteiger partial charge < -0.3 is 9.47 Å². The number of benzene rings is 1. The largest absolute Gasteiger partial charge is 0.359 e. The third-order valence-corrected chi connectivity index (χ3v) is 13.9. The Morgan fingerprint density at radius 2 is 1.59 bits per heavy atom. The number of hydrogen-bond donors (Lipinski definition) is 0. The van der Waals surface area contributed by atoms with Gasteiger partial charge in [-0.3, -0.25) is 9.59 Å². The molecule has 10 atom stereocenters. The minimum absolute atomic E-state index is 0.0117. The van der Waals surface area contributed by atoms with Gasteiger partial charge in [-0.15, -0.1) is 0 Å². The van der Waals surface area contributed by atoms with Gasteiger partial charge in [-0.1, -0.05) is 78.0 Å². The molecule has 0 unspecified atom stereocenters. The van der Waals surface area contributed by atoms with Crippen LogP contribution in [0.2, 0.25) is 0 Å². The summed E-state index contributed by atoms with van der Waals surface area (Å²) in [5, 5.41) is 1.07. The van der Waals surface area contributed by atoms with Crippen LogP contribution in [0.5, 0.6) is 0 Å². The zero-order valence-electron chi connectivity index (χ0n) is 27.8. The van der Waals surface area contributed by atoms with Crippen LogP contribution in [0, 0.1) is 46.3 Å². The lowest BCUT2D eigenvalue weighted by molar-refractivity contribution is -0.211. The second-order valence-corrected chi connectivity index (χ2v) is 16.0. The summed E-state index contributed by atoms with van der Waals surface area (Å²) < 4.78 is 15.5. The standard InChI is InChI=1S/C38H52N2O4/c1-24(2)25(3)12-13-26(4)30-14-15-31-35(30,5)18-17-32-36(6)19-16-27(44-23-43-7)22-37(36)20-21-38(31,32)40-34(42)29-11-9-8-10-28(29)33(41)39(37)40/h8-13,20-21,24-27,30-32H,14-19,22-23H2,1-7H3/t25-,26+,27-,30+,31+,32+,35+,36+,37+,38-/m0/s1. The van der Waals surface area contributed by atoms with Gasteiger partial charge in [0.1, 0.15) is 6.79 Å². The molecule has 2 aromatic rings. The predicted octanol–water partition coefficient (Wildman–Crippen LogP) is 7.24. The second kappa shape index (κ2) is 10.3. The molecule has 1 aromatic heterocycles. The van der Waals surface area contributed by atoms with Crippen molar-refractivity contribution in [1.29, 1.82) is 0 Å². The van der Waals surface area contributed by atoms with Crippen molar-refractivity contribution in [2.75, 3.05) is 13.9 Å². The highest BCUT2D eigenvalue weighted by Gasteiger charge is 2.74. The monoisotopic (exact) mass is 600 g/mol. The molecule has 2 aliphatic heterocycles. The second-order valence-electron chi connectivity index (χ2n) is 16.0. The first kappa shape index (κ1) is 30.2. The fourth-order valence-electron chi connectivity index (χ4n) is 11.4. The molecule has 4 aliphatic carbocycles. The van der Waals surface area contributed by atoms with Crippen molar-refractivity contribution in [3.63, 3.8) is 0 Å². The summed E-state index contributed by atoms with van der Waals surface area (Å²) >= 11 is 0. The molecular formula is C38H52N2O4. The van der Waals surface area contributed by atoms with Crippen LogP contribution in [0.1, 0.15) is 86.5 Å². The molecule has 44 heavy (non-hydrogen) atoms. The first-order valence-electron chi connectivity index (χ1n) is 17.2. The molecule has 3 saturated carbocycles. The molecule has 2 bridgehead atoms. The summed E-state index contributed by atoms with van der Waals surface area (Å²) in [7, 11) is 1.65. The minimum atomic E-state index is -0.620. The number of aromatic nitrogens is 2. The van der Waals surface area contributed by atoms with Crippen LogP contribution < -0.4 is 11.1 Å². The Kier molecular flexibility index (Phi) is 7.07. The number of rotatable bonds is 7. The van der Waals surface area contributed by atoms with E-state index in [1.165, 1.54) is 6.42 Å². The number of nitrogens with zero attached hydrogens (tertiary/aromatic N) is 2. The van der Waals surface area contributed by atoms with Crippen molar-refractivity contribution in [3.8, 4) is 0 Å². The summed E-state index contributed by atoms with van der Waals surface area (Å²) in [5.74, 6) is 2.76. The summed E-state index contributed by atoms with van der Waals surface area (Å²) in [4.78, 5) is 29.6. The van der Waals surface area contributed by atoms with E-state index >= 15 is 0 Å². The van der Waals surface area contributed by atoms with Gasteiger partial charge in [0.05, 0.1) is 28.0 Å². The Balaban J connectivity index is 1.43. The maximum Gasteiger partial charge on any atom is 0.274 e. The average molecular weight is 601 g/mol. The van der Waals surface area contributed by atoms with E-state index in [0.29, 0.717) is 40.9 Å². The van der Waals surface area contributed by atoms with Crippen molar-refractivity contribution in [3.05, 3.63) is 69.3 Å². The van der Waals surface area contributed by atoms with E-state index < -0.39 is 11.1 Å². The Bertz CT molecular complexity index is 1640. The lowest BCUT2D eigenvalue weighted by Gasteiger charge is -2.72. The highest BCUT2D eigenvalue weighted by molar-refractivity contribution is 5.80. The van der Waals surface area contributed by atoms with Gasteiger partial charge in [0.25, 0.3) is 11.1 Å². The van der Waals surface area contributed by atoms with E-state index in [4.69, 9.17) is 9.47 Å². The molecule has 0 N–H and O–H groups in total. The van der Waals surface area contributed by atoms with Gasteiger partial charge in [-0.05, 0) is 91.6 Å². The lowest BCUT2D eigenvalue weighted by Crippen LogP contribution is -2.78. The fraction of sp³-hybridized carbons (Fsp3) is 0.684.